The van der Waals surface area contributed by atoms with Gasteiger partial charge in [-0.1, -0.05) is 18.2 Å². The highest BCUT2D eigenvalue weighted by molar-refractivity contribution is 7.89. The lowest BCUT2D eigenvalue weighted by Crippen LogP contribution is -2.29. The Morgan fingerprint density at radius 3 is 2.17 bits per heavy atom. The number of benzene rings is 2. The minimum Gasteiger partial charge on any atom is -0.493 e. The number of amides is 1. The van der Waals surface area contributed by atoms with Crippen LogP contribution in [0.1, 0.15) is 17.5 Å². The fraction of sp³-hybridized carbons (Fsp3) is 0.381. The van der Waals surface area contributed by atoms with E-state index in [-0.39, 0.29) is 10.8 Å². The van der Waals surface area contributed by atoms with Crippen LogP contribution < -0.4 is 14.2 Å². The molecule has 0 saturated carbocycles. The minimum atomic E-state index is -3.44. The van der Waals surface area contributed by atoms with Crippen LogP contribution in [-0.2, 0) is 27.7 Å². The Labute approximate surface area is 172 Å². The number of aryl methyl sites for hydroxylation is 1. The first-order valence-corrected chi connectivity index (χ1v) is 10.8. The molecule has 0 atom stereocenters. The molecule has 1 amide bonds. The number of carbonyl (C=O) groups excluding carboxylic acids is 1. The topological polar surface area (TPSA) is 84.9 Å². The number of hydrogen-bond donors (Lipinski definition) is 1. The predicted octanol–water partition coefficient (Wildman–Crippen LogP) is 2.25. The van der Waals surface area contributed by atoms with Crippen molar-refractivity contribution in [3.05, 3.63) is 53.6 Å². The van der Waals surface area contributed by atoms with E-state index in [2.05, 4.69) is 4.72 Å². The van der Waals surface area contributed by atoms with Gasteiger partial charge in [0.05, 0.1) is 19.1 Å². The molecule has 1 N–H and O–H groups in total. The highest BCUT2D eigenvalue weighted by Gasteiger charge is 2.13. The predicted molar refractivity (Wildman–Crippen MR) is 112 cm³/mol. The Kier molecular flexibility index (Phi) is 8.04. The standard InChI is InChI=1S/C21H28N2O5S/c1-22-29(25,26)18-9-5-16(6-10-18)8-12-21(24)23(2)14-13-17-7-11-19(27-3)20(15-17)28-4/h5-7,9-11,15,22H,8,12-14H2,1-4H3. The summed E-state index contributed by atoms with van der Waals surface area (Å²) in [7, 11) is 2.90. The molecule has 2 aromatic carbocycles. The summed E-state index contributed by atoms with van der Waals surface area (Å²) in [4.78, 5) is 14.3. The summed E-state index contributed by atoms with van der Waals surface area (Å²) in [6.45, 7) is 0.591. The quantitative estimate of drug-likeness (QED) is 0.637. The maximum absolute atomic E-state index is 12.4. The summed E-state index contributed by atoms with van der Waals surface area (Å²) in [6.07, 6.45) is 1.62. The molecular formula is C21H28N2O5S. The van der Waals surface area contributed by atoms with E-state index in [1.807, 2.05) is 18.2 Å². The molecule has 0 aliphatic carbocycles. The third-order valence-electron chi connectivity index (χ3n) is 4.74. The first-order valence-electron chi connectivity index (χ1n) is 9.28. The molecule has 0 aromatic heterocycles. The van der Waals surface area contributed by atoms with Crippen LogP contribution in [0.3, 0.4) is 0 Å². The second kappa shape index (κ2) is 10.3. The van der Waals surface area contributed by atoms with E-state index in [4.69, 9.17) is 9.47 Å². The van der Waals surface area contributed by atoms with Gasteiger partial charge in [0.15, 0.2) is 11.5 Å². The summed E-state index contributed by atoms with van der Waals surface area (Å²) < 4.78 is 36.3. The van der Waals surface area contributed by atoms with Crippen molar-refractivity contribution in [2.75, 3.05) is 34.9 Å². The Hall–Kier alpha value is -2.58. The Morgan fingerprint density at radius 1 is 0.966 bits per heavy atom. The van der Waals surface area contributed by atoms with Crippen LogP contribution in [-0.4, -0.2) is 54.1 Å². The lowest BCUT2D eigenvalue weighted by molar-refractivity contribution is -0.129. The number of likely N-dealkylation sites (N-methyl/N-ethyl adjacent to an activating group) is 1. The van der Waals surface area contributed by atoms with Gasteiger partial charge >= 0.3 is 0 Å². The number of ether oxygens (including phenoxy) is 2. The Morgan fingerprint density at radius 2 is 1.59 bits per heavy atom. The minimum absolute atomic E-state index is 0.0393. The average Bonchev–Trinajstić information content (AvgIpc) is 2.75. The number of nitrogens with one attached hydrogen (secondary N) is 1. The van der Waals surface area contributed by atoms with Gasteiger partial charge in [0, 0.05) is 20.0 Å². The van der Waals surface area contributed by atoms with Crippen LogP contribution in [0.2, 0.25) is 0 Å². The van der Waals surface area contributed by atoms with Gasteiger partial charge in [-0.15, -0.1) is 0 Å². The highest BCUT2D eigenvalue weighted by Crippen LogP contribution is 2.27. The SMILES string of the molecule is CNS(=O)(=O)c1ccc(CCC(=O)N(C)CCc2ccc(OC)c(OC)c2)cc1. The van der Waals surface area contributed by atoms with Gasteiger partial charge < -0.3 is 14.4 Å². The van der Waals surface area contributed by atoms with Gasteiger partial charge in [-0.25, -0.2) is 13.1 Å². The van der Waals surface area contributed by atoms with Crippen molar-refractivity contribution in [3.8, 4) is 11.5 Å². The number of rotatable bonds is 10. The molecule has 0 heterocycles. The van der Waals surface area contributed by atoms with Gasteiger partial charge in [-0.2, -0.15) is 0 Å². The molecule has 0 saturated heterocycles. The molecule has 0 unspecified atom stereocenters. The summed E-state index contributed by atoms with van der Waals surface area (Å²) in [5, 5.41) is 0. The molecule has 29 heavy (non-hydrogen) atoms. The fourth-order valence-electron chi connectivity index (χ4n) is 2.85. The first-order chi connectivity index (χ1) is 13.8. The lowest BCUT2D eigenvalue weighted by atomic mass is 10.1. The molecule has 7 nitrogen and oxygen atoms in total. The molecule has 2 aromatic rings. The van der Waals surface area contributed by atoms with Crippen LogP contribution in [0.5, 0.6) is 11.5 Å². The molecule has 8 heteroatoms. The van der Waals surface area contributed by atoms with Crippen LogP contribution >= 0.6 is 0 Å². The maximum Gasteiger partial charge on any atom is 0.240 e. The third kappa shape index (κ3) is 6.20. The van der Waals surface area contributed by atoms with Crippen molar-refractivity contribution in [2.24, 2.45) is 0 Å². The number of hydrogen-bond acceptors (Lipinski definition) is 5. The number of sulfonamides is 1. The van der Waals surface area contributed by atoms with E-state index in [1.54, 1.807) is 50.4 Å². The third-order valence-corrected chi connectivity index (χ3v) is 6.17. The van der Waals surface area contributed by atoms with Crippen LogP contribution in [0.25, 0.3) is 0 Å². The van der Waals surface area contributed by atoms with Crippen molar-refractivity contribution >= 4 is 15.9 Å². The van der Waals surface area contributed by atoms with Crippen molar-refractivity contribution in [1.82, 2.24) is 9.62 Å². The summed E-state index contributed by atoms with van der Waals surface area (Å²) >= 11 is 0. The van der Waals surface area contributed by atoms with E-state index in [0.717, 1.165) is 11.1 Å². The van der Waals surface area contributed by atoms with E-state index >= 15 is 0 Å². The molecular weight excluding hydrogens is 392 g/mol. The van der Waals surface area contributed by atoms with E-state index in [9.17, 15) is 13.2 Å². The van der Waals surface area contributed by atoms with Crippen LogP contribution in [0, 0.1) is 0 Å². The van der Waals surface area contributed by atoms with Crippen LogP contribution in [0.4, 0.5) is 0 Å². The highest BCUT2D eigenvalue weighted by atomic mass is 32.2. The second-order valence-electron chi connectivity index (χ2n) is 6.61. The molecule has 0 aliphatic rings. The van der Waals surface area contributed by atoms with Gasteiger partial charge in [0.2, 0.25) is 15.9 Å². The molecule has 0 aliphatic heterocycles. The fourth-order valence-corrected chi connectivity index (χ4v) is 3.58. The number of nitrogens with zero attached hydrogens (tertiary/aromatic N) is 1. The molecule has 0 radical (unpaired) electrons. The van der Waals surface area contributed by atoms with E-state index in [1.165, 1.54) is 7.05 Å². The summed E-state index contributed by atoms with van der Waals surface area (Å²) in [5.41, 5.74) is 1.98. The summed E-state index contributed by atoms with van der Waals surface area (Å²) in [6, 6.07) is 12.3. The average molecular weight is 421 g/mol. The zero-order valence-corrected chi connectivity index (χ0v) is 18.1. The van der Waals surface area contributed by atoms with E-state index < -0.39 is 10.0 Å². The largest absolute Gasteiger partial charge is 0.493 e. The van der Waals surface area contributed by atoms with E-state index in [0.29, 0.717) is 37.3 Å². The van der Waals surface area contributed by atoms with Crippen molar-refractivity contribution < 1.29 is 22.7 Å². The van der Waals surface area contributed by atoms with Gasteiger partial charge in [0.1, 0.15) is 0 Å². The maximum atomic E-state index is 12.4. The van der Waals surface area contributed by atoms with Crippen molar-refractivity contribution in [3.63, 3.8) is 0 Å². The molecule has 0 fully saturated rings. The second-order valence-corrected chi connectivity index (χ2v) is 8.49. The normalized spacial score (nSPS) is 11.2. The summed E-state index contributed by atoms with van der Waals surface area (Å²) in [5.74, 6) is 1.38. The Bertz CT molecular complexity index is 927. The lowest BCUT2D eigenvalue weighted by Gasteiger charge is -2.18. The van der Waals surface area contributed by atoms with Gasteiger partial charge in [-0.05, 0) is 55.3 Å². The van der Waals surface area contributed by atoms with Gasteiger partial charge in [0.25, 0.3) is 0 Å². The monoisotopic (exact) mass is 420 g/mol. The zero-order chi connectivity index (χ0) is 21.4. The van der Waals surface area contributed by atoms with Crippen molar-refractivity contribution in [2.45, 2.75) is 24.2 Å². The molecule has 158 valence electrons. The first kappa shape index (κ1) is 22.7. The van der Waals surface area contributed by atoms with Crippen LogP contribution in [0.15, 0.2) is 47.4 Å². The smallest absolute Gasteiger partial charge is 0.240 e. The molecule has 0 spiro atoms. The number of carbonyl (C=O) groups is 1. The van der Waals surface area contributed by atoms with Crippen molar-refractivity contribution in [1.29, 1.82) is 0 Å². The van der Waals surface area contributed by atoms with Gasteiger partial charge in [-0.3, -0.25) is 4.79 Å². The zero-order valence-electron chi connectivity index (χ0n) is 17.3. The Balaban J connectivity index is 1.86. The molecule has 2 rings (SSSR count). The molecule has 0 bridgehead atoms. The number of methoxy groups -OCH3 is 2.